The molecule has 12 heteroatoms. The summed E-state index contributed by atoms with van der Waals surface area (Å²) >= 11 is 1.23. The monoisotopic (exact) mass is 470 g/mol. The number of aromatic nitrogens is 4. The van der Waals surface area contributed by atoms with Gasteiger partial charge in [0, 0.05) is 12.1 Å². The van der Waals surface area contributed by atoms with E-state index in [-0.39, 0.29) is 19.3 Å². The average Bonchev–Trinajstić information content (AvgIpc) is 3.52. The minimum Gasteiger partial charge on any atom is -0.462 e. The van der Waals surface area contributed by atoms with Crippen LogP contribution in [0, 0.1) is 6.92 Å². The Balaban J connectivity index is 1.35. The van der Waals surface area contributed by atoms with Crippen LogP contribution in [0.1, 0.15) is 22.6 Å². The van der Waals surface area contributed by atoms with Gasteiger partial charge in [0.1, 0.15) is 19.2 Å². The number of rotatable bonds is 11. The van der Waals surface area contributed by atoms with E-state index >= 15 is 0 Å². The summed E-state index contributed by atoms with van der Waals surface area (Å²) in [6, 6.07) is 8.91. The molecule has 3 heterocycles. The van der Waals surface area contributed by atoms with Crippen LogP contribution in [0.2, 0.25) is 0 Å². The van der Waals surface area contributed by atoms with Gasteiger partial charge in [0.2, 0.25) is 11.0 Å². The second-order valence-electron chi connectivity index (χ2n) is 7.05. The molecule has 0 radical (unpaired) electrons. The molecule has 0 spiro atoms. The third-order valence-electron chi connectivity index (χ3n) is 4.66. The second kappa shape index (κ2) is 10.3. The minimum absolute atomic E-state index is 0.0166. The lowest BCUT2D eigenvalue weighted by atomic mass is 10.2. The Morgan fingerprint density at radius 2 is 2.12 bits per heavy atom. The van der Waals surface area contributed by atoms with E-state index in [0.29, 0.717) is 34.6 Å². The molecule has 2 amide bonds. The number of anilines is 1. The normalized spacial score (nSPS) is 11.2. The number of benzene rings is 1. The van der Waals surface area contributed by atoms with Crippen LogP contribution >= 0.6 is 11.3 Å². The number of imidazole rings is 1. The molecule has 33 heavy (non-hydrogen) atoms. The van der Waals surface area contributed by atoms with Crippen LogP contribution in [0.25, 0.3) is 21.8 Å². The van der Waals surface area contributed by atoms with Crippen LogP contribution in [0.5, 0.6) is 0 Å². The van der Waals surface area contributed by atoms with Crippen molar-refractivity contribution in [3.8, 4) is 10.8 Å². The summed E-state index contributed by atoms with van der Waals surface area (Å²) in [5.41, 5.74) is 7.10. The molecule has 0 unspecified atom stereocenters. The van der Waals surface area contributed by atoms with Gasteiger partial charge in [-0.2, -0.15) is 0 Å². The van der Waals surface area contributed by atoms with Crippen molar-refractivity contribution < 1.29 is 23.5 Å². The SMILES string of the molecule is Cc1nc2cc(C(=O)Nc3nnc(-c4ccco4)s3)ccc2n1CCCOCOCC(N)=O. The summed E-state index contributed by atoms with van der Waals surface area (Å²) in [6.45, 7) is 2.91. The number of nitrogens with two attached hydrogens (primary N) is 1. The number of nitrogens with one attached hydrogen (secondary N) is 1. The molecule has 4 aromatic rings. The van der Waals surface area contributed by atoms with Crippen LogP contribution in [0.4, 0.5) is 5.13 Å². The van der Waals surface area contributed by atoms with Crippen molar-refractivity contribution in [2.24, 2.45) is 5.73 Å². The molecule has 0 aliphatic rings. The number of ether oxygens (including phenoxy) is 2. The standard InChI is InChI=1S/C21H22N6O5S/c1-13-23-15-10-14(19(29)24-21-26-25-20(33-21)17-4-2-9-32-17)5-6-16(15)27(13)7-3-8-30-12-31-11-18(22)28/h2,4-6,9-10H,3,7-8,11-12H2,1H3,(H2,22,28)(H,24,26,29). The Hall–Kier alpha value is -3.61. The van der Waals surface area contributed by atoms with Gasteiger partial charge in [-0.15, -0.1) is 10.2 Å². The largest absolute Gasteiger partial charge is 0.462 e. The van der Waals surface area contributed by atoms with Gasteiger partial charge in [-0.25, -0.2) is 4.98 Å². The summed E-state index contributed by atoms with van der Waals surface area (Å²) in [5, 5.41) is 11.8. The molecule has 172 valence electrons. The summed E-state index contributed by atoms with van der Waals surface area (Å²) in [6.07, 6.45) is 2.28. The van der Waals surface area contributed by atoms with Gasteiger partial charge in [-0.05, 0) is 43.7 Å². The highest BCUT2D eigenvalue weighted by Gasteiger charge is 2.15. The van der Waals surface area contributed by atoms with Crippen LogP contribution in [0.15, 0.2) is 41.0 Å². The first-order valence-electron chi connectivity index (χ1n) is 10.1. The van der Waals surface area contributed by atoms with E-state index in [9.17, 15) is 9.59 Å². The van der Waals surface area contributed by atoms with Crippen molar-refractivity contribution in [2.45, 2.75) is 19.9 Å². The molecule has 3 aromatic heterocycles. The predicted molar refractivity (Wildman–Crippen MR) is 121 cm³/mol. The molecule has 0 bridgehead atoms. The lowest BCUT2D eigenvalue weighted by Crippen LogP contribution is -2.19. The Morgan fingerprint density at radius 3 is 2.91 bits per heavy atom. The fraction of sp³-hybridized carbons (Fsp3) is 0.286. The van der Waals surface area contributed by atoms with E-state index in [1.54, 1.807) is 30.5 Å². The van der Waals surface area contributed by atoms with E-state index in [0.717, 1.165) is 23.3 Å². The first-order valence-corrected chi connectivity index (χ1v) is 10.9. The topological polar surface area (TPSA) is 147 Å². The molecule has 0 aliphatic heterocycles. The van der Waals surface area contributed by atoms with Crippen LogP contribution < -0.4 is 11.1 Å². The molecule has 0 atom stereocenters. The van der Waals surface area contributed by atoms with E-state index in [1.807, 2.05) is 13.0 Å². The number of furan rings is 1. The van der Waals surface area contributed by atoms with E-state index in [2.05, 4.69) is 25.1 Å². The minimum atomic E-state index is -0.533. The van der Waals surface area contributed by atoms with Crippen molar-refractivity contribution in [3.05, 3.63) is 48.0 Å². The van der Waals surface area contributed by atoms with Crippen LogP contribution in [-0.2, 0) is 20.8 Å². The number of carbonyl (C=O) groups is 2. The summed E-state index contributed by atoms with van der Waals surface area (Å²) in [5.74, 6) is 0.600. The van der Waals surface area contributed by atoms with Gasteiger partial charge < -0.3 is 24.2 Å². The average molecular weight is 471 g/mol. The maximum atomic E-state index is 12.7. The third-order valence-corrected chi connectivity index (χ3v) is 5.51. The van der Waals surface area contributed by atoms with Crippen molar-refractivity contribution in [3.63, 3.8) is 0 Å². The maximum Gasteiger partial charge on any atom is 0.257 e. The lowest BCUT2D eigenvalue weighted by Gasteiger charge is -2.08. The van der Waals surface area contributed by atoms with Gasteiger partial charge in [0.15, 0.2) is 10.8 Å². The number of hydrogen-bond donors (Lipinski definition) is 2. The van der Waals surface area contributed by atoms with Gasteiger partial charge in [-0.1, -0.05) is 11.3 Å². The van der Waals surface area contributed by atoms with Gasteiger partial charge in [0.25, 0.3) is 5.91 Å². The van der Waals surface area contributed by atoms with Crippen molar-refractivity contribution in [1.29, 1.82) is 0 Å². The number of amides is 2. The van der Waals surface area contributed by atoms with E-state index in [4.69, 9.17) is 19.6 Å². The smallest absolute Gasteiger partial charge is 0.257 e. The molecule has 3 N–H and O–H groups in total. The van der Waals surface area contributed by atoms with Gasteiger partial charge >= 0.3 is 0 Å². The Labute approximate surface area is 192 Å². The maximum absolute atomic E-state index is 12.7. The summed E-state index contributed by atoms with van der Waals surface area (Å²) < 4.78 is 17.7. The number of fused-ring (bicyclic) bond motifs is 1. The number of nitrogens with zero attached hydrogens (tertiary/aromatic N) is 4. The van der Waals surface area contributed by atoms with Gasteiger partial charge in [0.05, 0.1) is 23.9 Å². The quantitative estimate of drug-likeness (QED) is 0.251. The Bertz CT molecular complexity index is 1250. The molecule has 0 fully saturated rings. The Kier molecular flexibility index (Phi) is 7.07. The van der Waals surface area contributed by atoms with Gasteiger partial charge in [-0.3, -0.25) is 14.9 Å². The highest BCUT2D eigenvalue weighted by Crippen LogP contribution is 2.27. The first kappa shape index (κ1) is 22.6. The third kappa shape index (κ3) is 5.61. The lowest BCUT2D eigenvalue weighted by molar-refractivity contribution is -0.128. The number of hydrogen-bond acceptors (Lipinski definition) is 9. The fourth-order valence-electron chi connectivity index (χ4n) is 3.20. The fourth-order valence-corrected chi connectivity index (χ4v) is 3.91. The van der Waals surface area contributed by atoms with Crippen molar-refractivity contribution >= 4 is 39.3 Å². The number of aryl methyl sites for hydroxylation is 2. The Morgan fingerprint density at radius 1 is 1.24 bits per heavy atom. The molecule has 0 saturated carbocycles. The molecule has 0 aliphatic carbocycles. The van der Waals surface area contributed by atoms with Crippen molar-refractivity contribution in [2.75, 3.05) is 25.3 Å². The molecule has 1 aromatic carbocycles. The molecule has 11 nitrogen and oxygen atoms in total. The van der Waals surface area contributed by atoms with Crippen LogP contribution in [0.3, 0.4) is 0 Å². The van der Waals surface area contributed by atoms with Crippen LogP contribution in [-0.4, -0.2) is 51.6 Å². The van der Waals surface area contributed by atoms with E-state index in [1.165, 1.54) is 11.3 Å². The molecular formula is C21H22N6O5S. The first-order chi connectivity index (χ1) is 16.0. The molecule has 0 saturated heterocycles. The molecular weight excluding hydrogens is 448 g/mol. The second-order valence-corrected chi connectivity index (χ2v) is 8.03. The zero-order chi connectivity index (χ0) is 23.2. The summed E-state index contributed by atoms with van der Waals surface area (Å²) in [4.78, 5) is 27.9. The molecule has 4 rings (SSSR count). The highest BCUT2D eigenvalue weighted by atomic mass is 32.1. The zero-order valence-corrected chi connectivity index (χ0v) is 18.6. The predicted octanol–water partition coefficient (Wildman–Crippen LogP) is 2.57. The summed E-state index contributed by atoms with van der Waals surface area (Å²) in [7, 11) is 0. The highest BCUT2D eigenvalue weighted by molar-refractivity contribution is 7.18. The number of carbonyl (C=O) groups excluding carboxylic acids is 2. The van der Waals surface area contributed by atoms with Crippen molar-refractivity contribution in [1.82, 2.24) is 19.7 Å². The van der Waals surface area contributed by atoms with E-state index < -0.39 is 5.91 Å². The zero-order valence-electron chi connectivity index (χ0n) is 17.8. The number of primary amides is 1.